The molecule has 7 nitrogen and oxygen atoms in total. The van der Waals surface area contributed by atoms with Crippen molar-refractivity contribution in [2.24, 2.45) is 7.05 Å². The van der Waals surface area contributed by atoms with Crippen LogP contribution in [0.2, 0.25) is 0 Å². The lowest BCUT2D eigenvalue weighted by Crippen LogP contribution is -2.26. The number of carbonyl (C=O) groups excluding carboxylic acids is 1. The SMILES string of the molecule is Cc1c(C(=O)NCCc2nc3ccccc3n2C)sc2nc[nH]c(=O)c12. The standard InChI is InChI=1S/C18H17N5O2S/c1-10-14-16(24)20-9-21-18(14)26-15(10)17(25)19-8-7-13-22-11-5-3-4-6-12(11)23(13)2/h3-6,9H,7-8H2,1-2H3,(H,19,25)(H,20,21,24). The van der Waals surface area contributed by atoms with Crippen molar-refractivity contribution in [2.45, 2.75) is 13.3 Å². The van der Waals surface area contributed by atoms with E-state index < -0.39 is 0 Å². The largest absolute Gasteiger partial charge is 0.351 e. The first-order valence-electron chi connectivity index (χ1n) is 8.21. The number of thiophene rings is 1. The van der Waals surface area contributed by atoms with Crippen molar-refractivity contribution in [1.29, 1.82) is 0 Å². The van der Waals surface area contributed by atoms with E-state index in [1.165, 1.54) is 17.7 Å². The Labute approximate surface area is 152 Å². The average molecular weight is 367 g/mol. The summed E-state index contributed by atoms with van der Waals surface area (Å²) in [7, 11) is 1.97. The molecule has 2 N–H and O–H groups in total. The number of amides is 1. The monoisotopic (exact) mass is 367 g/mol. The number of aromatic amines is 1. The highest BCUT2D eigenvalue weighted by molar-refractivity contribution is 7.20. The Kier molecular flexibility index (Phi) is 4.04. The minimum absolute atomic E-state index is 0.191. The predicted molar refractivity (Wildman–Crippen MR) is 102 cm³/mol. The molecule has 0 aliphatic carbocycles. The van der Waals surface area contributed by atoms with E-state index in [0.29, 0.717) is 33.6 Å². The molecule has 0 aliphatic heterocycles. The number of hydrogen-bond donors (Lipinski definition) is 2. The molecule has 3 heterocycles. The van der Waals surface area contributed by atoms with Crippen molar-refractivity contribution in [3.8, 4) is 0 Å². The molecule has 4 aromatic rings. The van der Waals surface area contributed by atoms with Gasteiger partial charge in [0.15, 0.2) is 0 Å². The van der Waals surface area contributed by atoms with Crippen LogP contribution in [-0.4, -0.2) is 32.0 Å². The van der Waals surface area contributed by atoms with Gasteiger partial charge in [0, 0.05) is 20.0 Å². The van der Waals surface area contributed by atoms with Gasteiger partial charge in [0.2, 0.25) is 0 Å². The lowest BCUT2D eigenvalue weighted by atomic mass is 10.2. The first kappa shape index (κ1) is 16.5. The Hall–Kier alpha value is -3.00. The summed E-state index contributed by atoms with van der Waals surface area (Å²) in [6.45, 7) is 2.24. The van der Waals surface area contributed by atoms with Crippen LogP contribution in [0.15, 0.2) is 35.4 Å². The van der Waals surface area contributed by atoms with Crippen LogP contribution in [-0.2, 0) is 13.5 Å². The molecule has 0 spiro atoms. The number of fused-ring (bicyclic) bond motifs is 2. The van der Waals surface area contributed by atoms with Gasteiger partial charge in [0.25, 0.3) is 11.5 Å². The Morgan fingerprint density at radius 1 is 1.35 bits per heavy atom. The van der Waals surface area contributed by atoms with Gasteiger partial charge in [0.05, 0.1) is 27.6 Å². The molecule has 0 unspecified atom stereocenters. The molecule has 0 aliphatic rings. The number of nitrogens with zero attached hydrogens (tertiary/aromatic N) is 3. The van der Waals surface area contributed by atoms with Crippen molar-refractivity contribution in [2.75, 3.05) is 6.54 Å². The first-order chi connectivity index (χ1) is 12.6. The van der Waals surface area contributed by atoms with Gasteiger partial charge in [-0.15, -0.1) is 11.3 Å². The normalized spacial score (nSPS) is 11.3. The summed E-state index contributed by atoms with van der Waals surface area (Å²) >= 11 is 1.24. The Balaban J connectivity index is 1.50. The number of carbonyl (C=O) groups is 1. The summed E-state index contributed by atoms with van der Waals surface area (Å²) in [6, 6.07) is 7.94. The molecule has 8 heteroatoms. The third kappa shape index (κ3) is 2.68. The molecule has 0 fully saturated rings. The van der Waals surface area contributed by atoms with Gasteiger partial charge in [-0.3, -0.25) is 9.59 Å². The van der Waals surface area contributed by atoms with Crippen molar-refractivity contribution < 1.29 is 4.79 Å². The minimum atomic E-state index is -0.220. The summed E-state index contributed by atoms with van der Waals surface area (Å²) in [5.41, 5.74) is 2.46. The van der Waals surface area contributed by atoms with Gasteiger partial charge in [-0.05, 0) is 24.6 Å². The number of H-pyrrole nitrogens is 1. The number of hydrogen-bond acceptors (Lipinski definition) is 5. The van der Waals surface area contributed by atoms with E-state index in [1.807, 2.05) is 35.9 Å². The lowest BCUT2D eigenvalue weighted by molar-refractivity contribution is 0.0957. The van der Waals surface area contributed by atoms with Crippen LogP contribution >= 0.6 is 11.3 Å². The fourth-order valence-electron chi connectivity index (χ4n) is 3.08. The number of aryl methyl sites for hydroxylation is 2. The topological polar surface area (TPSA) is 92.7 Å². The van der Waals surface area contributed by atoms with Crippen LogP contribution in [0.3, 0.4) is 0 Å². The van der Waals surface area contributed by atoms with Gasteiger partial charge in [-0.25, -0.2) is 9.97 Å². The molecule has 0 atom stereocenters. The molecule has 4 rings (SSSR count). The van der Waals surface area contributed by atoms with E-state index in [2.05, 4.69) is 20.3 Å². The smallest absolute Gasteiger partial charge is 0.261 e. The molecule has 3 aromatic heterocycles. The number of nitrogens with one attached hydrogen (secondary N) is 2. The Morgan fingerprint density at radius 3 is 2.92 bits per heavy atom. The summed E-state index contributed by atoms with van der Waals surface area (Å²) in [5, 5.41) is 3.40. The molecule has 0 radical (unpaired) electrons. The highest BCUT2D eigenvalue weighted by Crippen LogP contribution is 2.26. The predicted octanol–water partition coefficient (Wildman–Crippen LogP) is 2.15. The zero-order valence-electron chi connectivity index (χ0n) is 14.4. The minimum Gasteiger partial charge on any atom is -0.351 e. The molecular weight excluding hydrogens is 350 g/mol. The second-order valence-electron chi connectivity index (χ2n) is 6.05. The van der Waals surface area contributed by atoms with Crippen molar-refractivity contribution >= 4 is 38.5 Å². The van der Waals surface area contributed by atoms with Crippen LogP contribution in [0.4, 0.5) is 0 Å². The van der Waals surface area contributed by atoms with E-state index in [9.17, 15) is 9.59 Å². The quantitative estimate of drug-likeness (QED) is 0.578. The van der Waals surface area contributed by atoms with Crippen LogP contribution in [0.5, 0.6) is 0 Å². The van der Waals surface area contributed by atoms with Crippen molar-refractivity contribution in [3.05, 3.63) is 57.2 Å². The number of benzene rings is 1. The van der Waals surface area contributed by atoms with Crippen molar-refractivity contribution in [1.82, 2.24) is 24.8 Å². The number of rotatable bonds is 4. The van der Waals surface area contributed by atoms with Crippen molar-refractivity contribution in [3.63, 3.8) is 0 Å². The molecule has 1 aromatic carbocycles. The molecule has 0 saturated carbocycles. The second kappa shape index (κ2) is 6.38. The molecule has 0 bridgehead atoms. The van der Waals surface area contributed by atoms with E-state index in [0.717, 1.165) is 16.9 Å². The highest BCUT2D eigenvalue weighted by Gasteiger charge is 2.18. The summed E-state index contributed by atoms with van der Waals surface area (Å²) in [5.74, 6) is 0.723. The average Bonchev–Trinajstić information content (AvgIpc) is 3.14. The highest BCUT2D eigenvalue weighted by atomic mass is 32.1. The number of para-hydroxylation sites is 2. The zero-order valence-corrected chi connectivity index (χ0v) is 15.2. The molecule has 132 valence electrons. The zero-order chi connectivity index (χ0) is 18.3. The van der Waals surface area contributed by atoms with Crippen LogP contribution in [0.1, 0.15) is 21.1 Å². The second-order valence-corrected chi connectivity index (χ2v) is 7.05. The van der Waals surface area contributed by atoms with Crippen LogP contribution < -0.4 is 10.9 Å². The third-order valence-corrected chi connectivity index (χ3v) is 5.65. The Bertz CT molecular complexity index is 1190. The van der Waals surface area contributed by atoms with Gasteiger partial charge >= 0.3 is 0 Å². The maximum absolute atomic E-state index is 12.5. The summed E-state index contributed by atoms with van der Waals surface area (Å²) < 4.78 is 2.04. The maximum atomic E-state index is 12.5. The first-order valence-corrected chi connectivity index (χ1v) is 9.03. The van der Waals surface area contributed by atoms with Gasteiger partial charge in [-0.1, -0.05) is 12.1 Å². The number of imidazole rings is 1. The van der Waals surface area contributed by atoms with Gasteiger partial charge in [0.1, 0.15) is 10.7 Å². The Morgan fingerprint density at radius 2 is 2.15 bits per heavy atom. The van der Waals surface area contributed by atoms with Crippen LogP contribution in [0.25, 0.3) is 21.3 Å². The number of aromatic nitrogens is 4. The fraction of sp³-hybridized carbons (Fsp3) is 0.222. The molecule has 0 saturated heterocycles. The van der Waals surface area contributed by atoms with E-state index in [4.69, 9.17) is 0 Å². The van der Waals surface area contributed by atoms with E-state index >= 15 is 0 Å². The fourth-order valence-corrected chi connectivity index (χ4v) is 4.15. The summed E-state index contributed by atoms with van der Waals surface area (Å²) in [4.78, 5) is 36.8. The molecule has 1 amide bonds. The van der Waals surface area contributed by atoms with Crippen LogP contribution in [0, 0.1) is 6.92 Å². The third-order valence-electron chi connectivity index (χ3n) is 4.45. The van der Waals surface area contributed by atoms with E-state index in [-0.39, 0.29) is 11.5 Å². The van der Waals surface area contributed by atoms with Gasteiger partial charge in [-0.2, -0.15) is 0 Å². The van der Waals surface area contributed by atoms with E-state index in [1.54, 1.807) is 6.92 Å². The maximum Gasteiger partial charge on any atom is 0.261 e. The lowest BCUT2D eigenvalue weighted by Gasteiger charge is -2.05. The molecular formula is C18H17N5O2S. The summed E-state index contributed by atoms with van der Waals surface area (Å²) in [6.07, 6.45) is 1.98. The van der Waals surface area contributed by atoms with Gasteiger partial charge < -0.3 is 14.9 Å². The molecule has 26 heavy (non-hydrogen) atoms.